The van der Waals surface area contributed by atoms with Gasteiger partial charge in [-0.15, -0.1) is 0 Å². The lowest BCUT2D eigenvalue weighted by molar-refractivity contribution is -0.120. The number of hydrogen-bond donors (Lipinski definition) is 1. The molecule has 0 aliphatic rings. The molecule has 0 unspecified atom stereocenters. The summed E-state index contributed by atoms with van der Waals surface area (Å²) in [6, 6.07) is 14.3. The number of methoxy groups -OCH3 is 1. The summed E-state index contributed by atoms with van der Waals surface area (Å²) < 4.78 is 30.7. The van der Waals surface area contributed by atoms with Crippen molar-refractivity contribution in [1.29, 1.82) is 0 Å². The second-order valence-electron chi connectivity index (χ2n) is 6.41. The van der Waals surface area contributed by atoms with Crippen molar-refractivity contribution in [3.63, 3.8) is 0 Å². The fourth-order valence-electron chi connectivity index (χ4n) is 2.81. The van der Waals surface area contributed by atoms with Crippen molar-refractivity contribution in [2.24, 2.45) is 0 Å². The van der Waals surface area contributed by atoms with Crippen LogP contribution in [0.2, 0.25) is 0 Å². The molecule has 1 amide bonds. The van der Waals surface area contributed by atoms with Crippen LogP contribution in [0.5, 0.6) is 5.75 Å². The lowest BCUT2D eigenvalue weighted by Gasteiger charge is -2.24. The summed E-state index contributed by atoms with van der Waals surface area (Å²) in [4.78, 5) is 12.6. The first kappa shape index (κ1) is 20.8. The fourth-order valence-corrected chi connectivity index (χ4v) is 3.66. The highest BCUT2D eigenvalue weighted by Gasteiger charge is 2.22. The number of aryl methyl sites for hydroxylation is 1. The molecule has 2 aromatic carbocycles. The van der Waals surface area contributed by atoms with Crippen molar-refractivity contribution >= 4 is 21.6 Å². The number of amides is 1. The van der Waals surface area contributed by atoms with Gasteiger partial charge in [-0.05, 0) is 48.7 Å². The van der Waals surface area contributed by atoms with E-state index in [1.165, 1.54) is 0 Å². The number of hydrogen-bond acceptors (Lipinski definition) is 4. The zero-order valence-electron chi connectivity index (χ0n) is 16.1. The molecule has 0 aliphatic carbocycles. The molecule has 7 heteroatoms. The number of sulfonamides is 1. The van der Waals surface area contributed by atoms with Crippen LogP contribution in [0.4, 0.5) is 5.69 Å². The molecule has 0 aromatic heterocycles. The summed E-state index contributed by atoms with van der Waals surface area (Å²) in [5.74, 6) is 0.382. The minimum Gasteiger partial charge on any atom is -0.497 e. The topological polar surface area (TPSA) is 75.7 Å². The van der Waals surface area contributed by atoms with Gasteiger partial charge in [-0.2, -0.15) is 0 Å². The highest BCUT2D eigenvalue weighted by atomic mass is 32.2. The van der Waals surface area contributed by atoms with E-state index in [1.807, 2.05) is 44.2 Å². The van der Waals surface area contributed by atoms with Gasteiger partial charge in [0.15, 0.2) is 0 Å². The summed E-state index contributed by atoms with van der Waals surface area (Å²) in [5.41, 5.74) is 2.34. The molecule has 6 nitrogen and oxygen atoms in total. The summed E-state index contributed by atoms with van der Waals surface area (Å²) >= 11 is 0. The second kappa shape index (κ2) is 8.90. The number of ether oxygens (including phenoxy) is 1. The average Bonchev–Trinajstić information content (AvgIpc) is 2.63. The third-order valence-corrected chi connectivity index (χ3v) is 5.38. The van der Waals surface area contributed by atoms with E-state index in [9.17, 15) is 13.2 Å². The number of anilines is 1. The van der Waals surface area contributed by atoms with Crippen LogP contribution in [-0.4, -0.2) is 34.2 Å². The molecule has 2 aromatic rings. The predicted molar refractivity (Wildman–Crippen MR) is 108 cm³/mol. The molecule has 0 fully saturated rings. The molecule has 146 valence electrons. The average molecular weight is 391 g/mol. The summed E-state index contributed by atoms with van der Waals surface area (Å²) in [5, 5.41) is 2.92. The standard InChI is InChI=1S/C20H26N2O4S/c1-5-19(16-9-11-18(26-3)12-10-16)21-20(23)14-22(27(4,24)25)17-8-6-7-15(2)13-17/h6-13,19H,5,14H2,1-4H3,(H,21,23)/t19-/m0/s1. The molecule has 2 rings (SSSR count). The molecule has 0 aliphatic heterocycles. The molecule has 0 heterocycles. The van der Waals surface area contributed by atoms with Crippen LogP contribution in [0.25, 0.3) is 0 Å². The fraction of sp³-hybridized carbons (Fsp3) is 0.350. The normalized spacial score (nSPS) is 12.3. The molecule has 0 bridgehead atoms. The van der Waals surface area contributed by atoms with Gasteiger partial charge in [0.2, 0.25) is 15.9 Å². The Morgan fingerprint density at radius 3 is 2.37 bits per heavy atom. The minimum absolute atomic E-state index is 0.206. The Morgan fingerprint density at radius 2 is 1.85 bits per heavy atom. The second-order valence-corrected chi connectivity index (χ2v) is 8.32. The van der Waals surface area contributed by atoms with E-state index in [0.717, 1.165) is 27.4 Å². The quantitative estimate of drug-likeness (QED) is 0.752. The Hall–Kier alpha value is -2.54. The van der Waals surface area contributed by atoms with Crippen molar-refractivity contribution < 1.29 is 17.9 Å². The molecule has 0 saturated carbocycles. The van der Waals surface area contributed by atoms with Crippen LogP contribution in [-0.2, 0) is 14.8 Å². The van der Waals surface area contributed by atoms with Crippen LogP contribution in [0, 0.1) is 6.92 Å². The summed E-state index contributed by atoms with van der Waals surface area (Å²) in [7, 11) is -1.99. The Balaban J connectivity index is 2.16. The van der Waals surface area contributed by atoms with E-state index >= 15 is 0 Å². The van der Waals surface area contributed by atoms with E-state index in [2.05, 4.69) is 5.32 Å². The van der Waals surface area contributed by atoms with E-state index in [-0.39, 0.29) is 18.5 Å². The molecule has 1 N–H and O–H groups in total. The Labute approximate surface area is 161 Å². The smallest absolute Gasteiger partial charge is 0.241 e. The van der Waals surface area contributed by atoms with Gasteiger partial charge >= 0.3 is 0 Å². The van der Waals surface area contributed by atoms with Gasteiger partial charge in [0.05, 0.1) is 25.1 Å². The van der Waals surface area contributed by atoms with Crippen molar-refractivity contribution in [1.82, 2.24) is 5.32 Å². The number of carbonyl (C=O) groups is 1. The largest absolute Gasteiger partial charge is 0.497 e. The highest BCUT2D eigenvalue weighted by molar-refractivity contribution is 7.92. The van der Waals surface area contributed by atoms with Crippen molar-refractivity contribution in [3.05, 3.63) is 59.7 Å². The Kier molecular flexibility index (Phi) is 6.85. The maximum absolute atomic E-state index is 12.6. The molecule has 1 atom stereocenters. The molecule has 27 heavy (non-hydrogen) atoms. The van der Waals surface area contributed by atoms with Gasteiger partial charge in [-0.3, -0.25) is 9.10 Å². The molecule has 0 saturated heterocycles. The predicted octanol–water partition coefficient (Wildman–Crippen LogP) is 3.04. The summed E-state index contributed by atoms with van der Waals surface area (Å²) in [6.45, 7) is 3.57. The summed E-state index contributed by atoms with van der Waals surface area (Å²) in [6.07, 6.45) is 1.78. The Bertz CT molecular complexity index is 879. The minimum atomic E-state index is -3.59. The number of benzene rings is 2. The molecular formula is C20H26N2O4S. The van der Waals surface area contributed by atoms with Gasteiger partial charge in [0.25, 0.3) is 0 Å². The van der Waals surface area contributed by atoms with Crippen molar-refractivity contribution in [2.45, 2.75) is 26.3 Å². The lowest BCUT2D eigenvalue weighted by atomic mass is 10.0. The number of nitrogens with zero attached hydrogens (tertiary/aromatic N) is 1. The number of carbonyl (C=O) groups excluding carboxylic acids is 1. The third-order valence-electron chi connectivity index (χ3n) is 4.24. The van der Waals surface area contributed by atoms with Crippen molar-refractivity contribution in [3.8, 4) is 5.75 Å². The van der Waals surface area contributed by atoms with Gasteiger partial charge in [0, 0.05) is 0 Å². The van der Waals surface area contributed by atoms with Gasteiger partial charge in [-0.1, -0.05) is 31.2 Å². The molecule has 0 spiro atoms. The van der Waals surface area contributed by atoms with Gasteiger partial charge in [-0.25, -0.2) is 8.42 Å². The first-order valence-corrected chi connectivity index (χ1v) is 10.6. The van der Waals surface area contributed by atoms with E-state index in [1.54, 1.807) is 25.3 Å². The highest BCUT2D eigenvalue weighted by Crippen LogP contribution is 2.21. The maximum Gasteiger partial charge on any atom is 0.241 e. The number of nitrogens with one attached hydrogen (secondary N) is 1. The van der Waals surface area contributed by atoms with E-state index < -0.39 is 10.0 Å². The first-order chi connectivity index (χ1) is 12.7. The van der Waals surface area contributed by atoms with Crippen molar-refractivity contribution in [2.75, 3.05) is 24.2 Å². The monoisotopic (exact) mass is 390 g/mol. The zero-order chi connectivity index (χ0) is 20.0. The lowest BCUT2D eigenvalue weighted by Crippen LogP contribution is -2.41. The number of rotatable bonds is 8. The molecule has 0 radical (unpaired) electrons. The first-order valence-electron chi connectivity index (χ1n) is 8.72. The zero-order valence-corrected chi connectivity index (χ0v) is 16.9. The van der Waals surface area contributed by atoms with Crippen LogP contribution in [0.15, 0.2) is 48.5 Å². The van der Waals surface area contributed by atoms with Crippen LogP contribution < -0.4 is 14.4 Å². The SMILES string of the molecule is CC[C@H](NC(=O)CN(c1cccc(C)c1)S(C)(=O)=O)c1ccc(OC)cc1. The van der Waals surface area contributed by atoms with E-state index in [0.29, 0.717) is 12.1 Å². The van der Waals surface area contributed by atoms with Gasteiger partial charge < -0.3 is 10.1 Å². The van der Waals surface area contributed by atoms with Crippen LogP contribution in [0.1, 0.15) is 30.5 Å². The third kappa shape index (κ3) is 5.72. The maximum atomic E-state index is 12.6. The van der Waals surface area contributed by atoms with Crippen LogP contribution >= 0.6 is 0 Å². The van der Waals surface area contributed by atoms with Gasteiger partial charge in [0.1, 0.15) is 12.3 Å². The molecular weight excluding hydrogens is 364 g/mol. The van der Waals surface area contributed by atoms with E-state index in [4.69, 9.17) is 4.74 Å². The van der Waals surface area contributed by atoms with Crippen LogP contribution in [0.3, 0.4) is 0 Å². The Morgan fingerprint density at radius 1 is 1.19 bits per heavy atom.